The van der Waals surface area contributed by atoms with Gasteiger partial charge in [0.2, 0.25) is 5.91 Å². The molecule has 8 heteroatoms. The molecule has 1 aliphatic carbocycles. The number of rotatable bonds is 7. The fourth-order valence-corrected chi connectivity index (χ4v) is 4.25. The standard InChI is InChI=1S/C22H28N6O2/c1-4-27-7-6-16(27)13-30-19-12-23-26(3)21(19)15-5-8-28-17(10-15)11-20(25-28)24-22(29)18-9-14(18)2/h5,8,10-12,14,16,18H,4,6-7,9,13H2,1-3H3,(H,24,25,29)/t14-,16-,18-/m1/s1. The molecule has 0 spiro atoms. The number of ether oxygens (including phenoxy) is 1. The van der Waals surface area contributed by atoms with Crippen LogP contribution in [-0.4, -0.2) is 55.9 Å². The summed E-state index contributed by atoms with van der Waals surface area (Å²) in [4.78, 5) is 14.6. The van der Waals surface area contributed by atoms with E-state index in [0.29, 0.717) is 24.4 Å². The maximum atomic E-state index is 12.2. The van der Waals surface area contributed by atoms with Crippen molar-refractivity contribution in [3.05, 3.63) is 30.6 Å². The second-order valence-corrected chi connectivity index (χ2v) is 8.49. The Bertz CT molecular complexity index is 1080. The maximum absolute atomic E-state index is 12.2. The highest BCUT2D eigenvalue weighted by Gasteiger charge is 2.39. The molecule has 8 nitrogen and oxygen atoms in total. The van der Waals surface area contributed by atoms with Gasteiger partial charge in [0.25, 0.3) is 0 Å². The largest absolute Gasteiger partial charge is 0.488 e. The van der Waals surface area contributed by atoms with Crippen LogP contribution < -0.4 is 10.1 Å². The lowest BCUT2D eigenvalue weighted by molar-refractivity contribution is -0.117. The van der Waals surface area contributed by atoms with Gasteiger partial charge in [-0.3, -0.25) is 14.4 Å². The molecule has 1 saturated carbocycles. The number of pyridine rings is 1. The van der Waals surface area contributed by atoms with Crippen LogP contribution in [0.25, 0.3) is 16.8 Å². The first-order valence-corrected chi connectivity index (χ1v) is 10.7. The van der Waals surface area contributed by atoms with Crippen molar-refractivity contribution in [1.82, 2.24) is 24.3 Å². The van der Waals surface area contributed by atoms with Crippen molar-refractivity contribution in [3.63, 3.8) is 0 Å². The lowest BCUT2D eigenvalue weighted by atomic mass is 10.0. The lowest BCUT2D eigenvalue weighted by Gasteiger charge is -2.39. The molecule has 1 N–H and O–H groups in total. The van der Waals surface area contributed by atoms with Gasteiger partial charge in [-0.25, -0.2) is 4.52 Å². The molecule has 3 atom stereocenters. The molecule has 3 aromatic heterocycles. The van der Waals surface area contributed by atoms with E-state index in [9.17, 15) is 4.79 Å². The fourth-order valence-electron chi connectivity index (χ4n) is 4.25. The van der Waals surface area contributed by atoms with E-state index in [2.05, 4.69) is 34.3 Å². The topological polar surface area (TPSA) is 76.7 Å². The second kappa shape index (κ2) is 7.43. The predicted molar refractivity (Wildman–Crippen MR) is 114 cm³/mol. The third kappa shape index (κ3) is 3.45. The first-order chi connectivity index (χ1) is 14.5. The number of carbonyl (C=O) groups excluding carboxylic acids is 1. The summed E-state index contributed by atoms with van der Waals surface area (Å²) in [6, 6.07) is 6.44. The number of likely N-dealkylation sites (N-methyl/N-ethyl adjacent to an activating group) is 1. The van der Waals surface area contributed by atoms with E-state index in [4.69, 9.17) is 4.74 Å². The summed E-state index contributed by atoms with van der Waals surface area (Å²) in [5.41, 5.74) is 2.86. The molecule has 1 amide bonds. The van der Waals surface area contributed by atoms with Gasteiger partial charge in [-0.05, 0) is 37.4 Å². The van der Waals surface area contributed by atoms with Gasteiger partial charge < -0.3 is 10.1 Å². The highest BCUT2D eigenvalue weighted by Crippen LogP contribution is 2.38. The molecule has 0 aromatic carbocycles. The molecule has 0 bridgehead atoms. The first-order valence-electron chi connectivity index (χ1n) is 10.7. The van der Waals surface area contributed by atoms with Crippen LogP contribution in [0.1, 0.15) is 26.7 Å². The number of nitrogens with zero attached hydrogens (tertiary/aromatic N) is 5. The number of amides is 1. The van der Waals surface area contributed by atoms with Crippen LogP contribution in [0.5, 0.6) is 5.75 Å². The van der Waals surface area contributed by atoms with Gasteiger partial charge in [-0.15, -0.1) is 0 Å². The molecule has 3 aromatic rings. The van der Waals surface area contributed by atoms with Crippen LogP contribution in [-0.2, 0) is 11.8 Å². The molecule has 1 saturated heterocycles. The number of anilines is 1. The average Bonchev–Trinajstić information content (AvgIpc) is 3.13. The Kier molecular flexibility index (Phi) is 4.73. The molecule has 0 radical (unpaired) electrons. The molecule has 2 aliphatic rings. The minimum atomic E-state index is 0.0607. The minimum absolute atomic E-state index is 0.0607. The summed E-state index contributed by atoms with van der Waals surface area (Å²) in [5, 5.41) is 11.8. The Labute approximate surface area is 175 Å². The zero-order valence-electron chi connectivity index (χ0n) is 17.7. The van der Waals surface area contributed by atoms with Crippen molar-refractivity contribution in [2.75, 3.05) is 25.0 Å². The number of hydrogen-bond donors (Lipinski definition) is 1. The number of fused-ring (bicyclic) bond motifs is 1. The van der Waals surface area contributed by atoms with Gasteiger partial charge in [-0.2, -0.15) is 10.2 Å². The summed E-state index contributed by atoms with van der Waals surface area (Å²) in [6.07, 6.45) is 5.83. The minimum Gasteiger partial charge on any atom is -0.488 e. The molecular weight excluding hydrogens is 380 g/mol. The summed E-state index contributed by atoms with van der Waals surface area (Å²) in [7, 11) is 1.92. The number of carbonyl (C=O) groups is 1. The van der Waals surface area contributed by atoms with Gasteiger partial charge >= 0.3 is 0 Å². The predicted octanol–water partition coefficient (Wildman–Crippen LogP) is 2.80. The van der Waals surface area contributed by atoms with Crippen LogP contribution in [0.15, 0.2) is 30.6 Å². The van der Waals surface area contributed by atoms with Gasteiger partial charge in [0, 0.05) is 43.4 Å². The lowest BCUT2D eigenvalue weighted by Crippen LogP contribution is -2.50. The second-order valence-electron chi connectivity index (χ2n) is 8.49. The third-order valence-corrected chi connectivity index (χ3v) is 6.44. The van der Waals surface area contributed by atoms with Gasteiger partial charge in [0.15, 0.2) is 11.6 Å². The van der Waals surface area contributed by atoms with Crippen LogP contribution in [0.2, 0.25) is 0 Å². The van der Waals surface area contributed by atoms with Gasteiger partial charge in [0.05, 0.1) is 11.7 Å². The summed E-state index contributed by atoms with van der Waals surface area (Å²) < 4.78 is 9.78. The zero-order valence-corrected chi connectivity index (χ0v) is 17.7. The number of hydrogen-bond acceptors (Lipinski definition) is 5. The van der Waals surface area contributed by atoms with Crippen molar-refractivity contribution in [2.24, 2.45) is 18.9 Å². The van der Waals surface area contributed by atoms with Crippen molar-refractivity contribution >= 4 is 17.2 Å². The SMILES string of the molecule is CCN1CC[C@@H]1COc1cnn(C)c1-c1ccn2nc(NC(=O)[C@@H]3C[C@H]3C)cc2c1. The smallest absolute Gasteiger partial charge is 0.228 e. The number of nitrogens with one attached hydrogen (secondary N) is 1. The first kappa shape index (κ1) is 19.1. The Morgan fingerprint density at radius 1 is 1.37 bits per heavy atom. The Balaban J connectivity index is 1.35. The van der Waals surface area contributed by atoms with Crippen LogP contribution in [0.4, 0.5) is 5.82 Å². The summed E-state index contributed by atoms with van der Waals surface area (Å²) in [5.74, 6) is 2.04. The van der Waals surface area contributed by atoms with Gasteiger partial charge in [-0.1, -0.05) is 13.8 Å². The van der Waals surface area contributed by atoms with Crippen LogP contribution in [0.3, 0.4) is 0 Å². The van der Waals surface area contributed by atoms with Crippen molar-refractivity contribution in [3.8, 4) is 17.0 Å². The molecule has 5 rings (SSSR count). The van der Waals surface area contributed by atoms with E-state index in [1.807, 2.05) is 36.1 Å². The van der Waals surface area contributed by atoms with E-state index < -0.39 is 0 Å². The molecule has 0 unspecified atom stereocenters. The number of likely N-dealkylation sites (tertiary alicyclic amines) is 1. The summed E-state index contributed by atoms with van der Waals surface area (Å²) >= 11 is 0. The average molecular weight is 409 g/mol. The monoisotopic (exact) mass is 408 g/mol. The highest BCUT2D eigenvalue weighted by atomic mass is 16.5. The Morgan fingerprint density at radius 2 is 2.20 bits per heavy atom. The van der Waals surface area contributed by atoms with Gasteiger partial charge in [0.1, 0.15) is 12.3 Å². The van der Waals surface area contributed by atoms with E-state index in [1.165, 1.54) is 6.42 Å². The summed E-state index contributed by atoms with van der Waals surface area (Å²) in [6.45, 7) is 7.17. The maximum Gasteiger partial charge on any atom is 0.228 e. The number of aryl methyl sites for hydroxylation is 1. The normalized spacial score (nSPS) is 23.4. The van der Waals surface area contributed by atoms with Crippen molar-refractivity contribution in [1.29, 1.82) is 0 Å². The Morgan fingerprint density at radius 3 is 2.90 bits per heavy atom. The van der Waals surface area contributed by atoms with E-state index >= 15 is 0 Å². The molecule has 158 valence electrons. The molecule has 2 fully saturated rings. The fraction of sp³-hybridized carbons (Fsp3) is 0.500. The van der Waals surface area contributed by atoms with Crippen LogP contribution in [0, 0.1) is 11.8 Å². The Hall–Kier alpha value is -2.87. The number of aromatic nitrogens is 4. The van der Waals surface area contributed by atoms with Crippen molar-refractivity contribution < 1.29 is 9.53 Å². The van der Waals surface area contributed by atoms with E-state index in [-0.39, 0.29) is 11.8 Å². The molecule has 1 aliphatic heterocycles. The third-order valence-electron chi connectivity index (χ3n) is 6.44. The van der Waals surface area contributed by atoms with E-state index in [1.54, 1.807) is 10.7 Å². The quantitative estimate of drug-likeness (QED) is 0.651. The van der Waals surface area contributed by atoms with Crippen molar-refractivity contribution in [2.45, 2.75) is 32.7 Å². The molecule has 4 heterocycles. The zero-order chi connectivity index (χ0) is 20.8. The van der Waals surface area contributed by atoms with E-state index in [0.717, 1.165) is 42.0 Å². The molecular formula is C22H28N6O2. The molecule has 30 heavy (non-hydrogen) atoms. The van der Waals surface area contributed by atoms with Crippen LogP contribution >= 0.6 is 0 Å². The highest BCUT2D eigenvalue weighted by molar-refractivity contribution is 5.94.